The summed E-state index contributed by atoms with van der Waals surface area (Å²) in [6.07, 6.45) is 0.684. The highest BCUT2D eigenvalue weighted by Crippen LogP contribution is 2.49. The molecule has 0 aliphatic carbocycles. The van der Waals surface area contributed by atoms with E-state index in [1.54, 1.807) is 17.4 Å². The van der Waals surface area contributed by atoms with Gasteiger partial charge in [0.05, 0.1) is 11.1 Å². The van der Waals surface area contributed by atoms with Gasteiger partial charge >= 0.3 is 0 Å². The van der Waals surface area contributed by atoms with E-state index in [9.17, 15) is 13.0 Å². The third-order valence-corrected chi connectivity index (χ3v) is 9.03. The third-order valence-electron chi connectivity index (χ3n) is 5.63. The Bertz CT molecular complexity index is 1410. The summed E-state index contributed by atoms with van der Waals surface area (Å²) < 4.78 is 34.1. The van der Waals surface area contributed by atoms with Gasteiger partial charge in [-0.25, -0.2) is 0 Å². The zero-order chi connectivity index (χ0) is 21.8. The molecule has 5 rings (SSSR count). The van der Waals surface area contributed by atoms with Crippen LogP contribution in [0.25, 0.3) is 20.9 Å². The molecule has 31 heavy (non-hydrogen) atoms. The molecule has 1 unspecified atom stereocenters. The zero-order valence-electron chi connectivity index (χ0n) is 16.7. The van der Waals surface area contributed by atoms with Crippen LogP contribution in [0, 0.1) is 0 Å². The second-order valence-corrected chi connectivity index (χ2v) is 11.8. The first-order valence-electron chi connectivity index (χ1n) is 9.94. The lowest BCUT2D eigenvalue weighted by Gasteiger charge is -2.26. The van der Waals surface area contributed by atoms with Crippen molar-refractivity contribution in [3.63, 3.8) is 0 Å². The Labute approximate surface area is 194 Å². The molecule has 0 bridgehead atoms. The van der Waals surface area contributed by atoms with Crippen LogP contribution < -0.4 is 4.90 Å². The molecule has 1 aliphatic heterocycles. The number of likely N-dealkylation sites (N-methyl/N-ethyl adjacent to an activating group) is 1. The predicted octanol–water partition coefficient (Wildman–Crippen LogP) is 6.60. The number of hydrogen-bond acceptors (Lipinski definition) is 5. The number of anilines is 1. The van der Waals surface area contributed by atoms with Crippen molar-refractivity contribution in [3.8, 4) is 0 Å². The molecule has 0 saturated carbocycles. The number of rotatable bonds is 5. The Kier molecular flexibility index (Phi) is 5.43. The molecule has 1 N–H and O–H groups in total. The minimum Gasteiger partial charge on any atom is -0.358 e. The molecule has 0 fully saturated rings. The van der Waals surface area contributed by atoms with Crippen LogP contribution in [0.4, 0.5) is 5.69 Å². The van der Waals surface area contributed by atoms with Crippen molar-refractivity contribution in [3.05, 3.63) is 70.1 Å². The second kappa shape index (κ2) is 7.98. The van der Waals surface area contributed by atoms with Crippen LogP contribution in [0.15, 0.2) is 59.5 Å². The van der Waals surface area contributed by atoms with Crippen LogP contribution in [0.2, 0.25) is 5.02 Å². The maximum Gasteiger partial charge on any atom is 0.269 e. The van der Waals surface area contributed by atoms with Crippen molar-refractivity contribution in [1.29, 1.82) is 0 Å². The summed E-state index contributed by atoms with van der Waals surface area (Å²) in [5.41, 5.74) is 1.90. The van der Waals surface area contributed by atoms with Crippen LogP contribution in [-0.2, 0) is 22.3 Å². The van der Waals surface area contributed by atoms with Gasteiger partial charge in [0.1, 0.15) is 5.75 Å². The number of thiophene rings is 1. The van der Waals surface area contributed by atoms with E-state index in [-0.39, 0.29) is 5.37 Å². The van der Waals surface area contributed by atoms with Crippen LogP contribution in [0.5, 0.6) is 0 Å². The molecular weight excluding hydrogens is 470 g/mol. The predicted molar refractivity (Wildman–Crippen MR) is 132 cm³/mol. The summed E-state index contributed by atoms with van der Waals surface area (Å²) in [5.74, 6) is -0.401. The van der Waals surface area contributed by atoms with E-state index < -0.39 is 15.9 Å². The van der Waals surface area contributed by atoms with Gasteiger partial charge in [0.2, 0.25) is 0 Å². The summed E-state index contributed by atoms with van der Waals surface area (Å²) in [6.45, 7) is 3.00. The second-order valence-electron chi connectivity index (χ2n) is 7.57. The number of benzene rings is 3. The molecule has 0 amide bonds. The van der Waals surface area contributed by atoms with E-state index in [2.05, 4.69) is 48.2 Å². The molecule has 8 heteroatoms. The molecule has 4 aromatic rings. The van der Waals surface area contributed by atoms with Gasteiger partial charge in [-0.1, -0.05) is 53.7 Å². The molecule has 1 aliphatic rings. The van der Waals surface area contributed by atoms with E-state index in [0.29, 0.717) is 17.0 Å². The molecule has 0 saturated heterocycles. The Morgan fingerprint density at radius 3 is 2.68 bits per heavy atom. The van der Waals surface area contributed by atoms with Crippen molar-refractivity contribution < 1.29 is 13.0 Å². The first kappa shape index (κ1) is 21.1. The van der Waals surface area contributed by atoms with Crippen LogP contribution in [0.1, 0.15) is 17.4 Å². The summed E-state index contributed by atoms with van der Waals surface area (Å²) >= 11 is 9.58. The van der Waals surface area contributed by atoms with Gasteiger partial charge in [-0.2, -0.15) is 8.42 Å². The number of hydrogen-bond donors (Lipinski definition) is 1. The van der Waals surface area contributed by atoms with Gasteiger partial charge in [-0.05, 0) is 47.5 Å². The van der Waals surface area contributed by atoms with E-state index in [1.165, 1.54) is 21.4 Å². The van der Waals surface area contributed by atoms with Crippen molar-refractivity contribution in [2.45, 2.75) is 29.4 Å². The molecule has 0 spiro atoms. The average molecular weight is 490 g/mol. The highest BCUT2D eigenvalue weighted by Gasteiger charge is 2.32. The molecule has 3 aromatic carbocycles. The quantitative estimate of drug-likeness (QED) is 0.320. The van der Waals surface area contributed by atoms with Gasteiger partial charge in [0, 0.05) is 37.8 Å². The maximum atomic E-state index is 11.8. The summed E-state index contributed by atoms with van der Waals surface area (Å²) in [4.78, 5) is 4.62. The van der Waals surface area contributed by atoms with E-state index in [1.807, 2.05) is 23.9 Å². The lowest BCUT2D eigenvalue weighted by atomic mass is 10.1. The van der Waals surface area contributed by atoms with Gasteiger partial charge in [-0.3, -0.25) is 4.55 Å². The topological polar surface area (TPSA) is 57.6 Å². The molecule has 4 nitrogen and oxygen atoms in total. The van der Waals surface area contributed by atoms with Crippen molar-refractivity contribution in [1.82, 2.24) is 0 Å². The average Bonchev–Trinajstić information content (AvgIpc) is 3.25. The standard InChI is InChI=1S/C23H20ClNO3S3/c1-2-25-22(30-20-9-7-14-5-3-4-6-16(14)23(20)25)12-21-18(13-31(26,27)28)17-11-15(24)8-10-19(17)29-21/h3-11,22H,2,12-13H2,1H3,(H,26,27,28). The zero-order valence-corrected chi connectivity index (χ0v) is 19.9. The summed E-state index contributed by atoms with van der Waals surface area (Å²) in [6, 6.07) is 18.2. The third kappa shape index (κ3) is 3.94. The fourth-order valence-corrected chi connectivity index (χ4v) is 8.04. The largest absolute Gasteiger partial charge is 0.358 e. The Morgan fingerprint density at radius 2 is 1.90 bits per heavy atom. The van der Waals surface area contributed by atoms with Crippen molar-refractivity contribution in [2.24, 2.45) is 0 Å². The Hall–Kier alpha value is -1.77. The smallest absolute Gasteiger partial charge is 0.269 e. The fourth-order valence-electron chi connectivity index (χ4n) is 4.33. The SMILES string of the molecule is CCN1c2c(ccc3ccccc23)SC1Cc1sc2ccc(Cl)cc2c1CS(=O)(=O)O. The van der Waals surface area contributed by atoms with Crippen LogP contribution in [0.3, 0.4) is 0 Å². The minimum atomic E-state index is -4.17. The van der Waals surface area contributed by atoms with E-state index >= 15 is 0 Å². The number of thioether (sulfide) groups is 1. The number of fused-ring (bicyclic) bond motifs is 4. The Morgan fingerprint density at radius 1 is 1.10 bits per heavy atom. The van der Waals surface area contributed by atoms with Gasteiger partial charge < -0.3 is 4.90 Å². The van der Waals surface area contributed by atoms with E-state index in [4.69, 9.17) is 11.6 Å². The van der Waals surface area contributed by atoms with Crippen molar-refractivity contribution in [2.75, 3.05) is 11.4 Å². The molecule has 1 atom stereocenters. The molecule has 0 radical (unpaired) electrons. The van der Waals surface area contributed by atoms with Gasteiger partial charge in [0.25, 0.3) is 10.1 Å². The monoisotopic (exact) mass is 489 g/mol. The van der Waals surface area contributed by atoms with Gasteiger partial charge in [-0.15, -0.1) is 11.3 Å². The first-order valence-corrected chi connectivity index (χ1v) is 13.6. The molecule has 1 aromatic heterocycles. The normalized spacial score (nSPS) is 16.4. The lowest BCUT2D eigenvalue weighted by molar-refractivity contribution is 0.482. The molecular formula is C23H20ClNO3S3. The van der Waals surface area contributed by atoms with Crippen molar-refractivity contribution >= 4 is 71.4 Å². The van der Waals surface area contributed by atoms with Gasteiger partial charge in [0.15, 0.2) is 0 Å². The first-order chi connectivity index (χ1) is 14.8. The number of nitrogens with zero attached hydrogens (tertiary/aromatic N) is 1. The van der Waals surface area contributed by atoms with E-state index in [0.717, 1.165) is 21.5 Å². The lowest BCUT2D eigenvalue weighted by Crippen LogP contribution is -2.30. The summed E-state index contributed by atoms with van der Waals surface area (Å²) in [7, 11) is -4.17. The Balaban J connectivity index is 1.58. The molecule has 2 heterocycles. The summed E-state index contributed by atoms with van der Waals surface area (Å²) in [5, 5.41) is 3.95. The highest BCUT2D eigenvalue weighted by atomic mass is 35.5. The maximum absolute atomic E-state index is 11.8. The molecule has 160 valence electrons. The van der Waals surface area contributed by atoms with Crippen LogP contribution >= 0.6 is 34.7 Å². The van der Waals surface area contributed by atoms with Crippen LogP contribution in [-0.4, -0.2) is 24.9 Å². The number of halogens is 1. The minimum absolute atomic E-state index is 0.148. The highest BCUT2D eigenvalue weighted by molar-refractivity contribution is 8.00. The fraction of sp³-hybridized carbons (Fsp3) is 0.217.